The minimum atomic E-state index is 0.147. The Kier molecular flexibility index (Phi) is 5.53. The highest BCUT2D eigenvalue weighted by molar-refractivity contribution is 14.1. The van der Waals surface area contributed by atoms with Crippen LogP contribution in [0.2, 0.25) is 0 Å². The van der Waals surface area contributed by atoms with Gasteiger partial charge in [0.15, 0.2) is 0 Å². The molecule has 0 bridgehead atoms. The lowest BCUT2D eigenvalue weighted by Crippen LogP contribution is -2.54. The van der Waals surface area contributed by atoms with Crippen molar-refractivity contribution in [3.05, 3.63) is 15.8 Å². The Balaban J connectivity index is 2.29. The molecule has 2 heterocycles. The summed E-state index contributed by atoms with van der Waals surface area (Å²) in [5.41, 5.74) is 1.22. The molecule has 106 valence electrons. The second-order valence-corrected chi connectivity index (χ2v) is 7.28. The highest BCUT2D eigenvalue weighted by atomic mass is 127. The summed E-state index contributed by atoms with van der Waals surface area (Å²) in [5.74, 6) is 0.739. The Labute approximate surface area is 142 Å². The van der Waals surface area contributed by atoms with Crippen LogP contribution in [0.1, 0.15) is 20.8 Å². The molecule has 0 spiro atoms. The Hall–Kier alpha value is 0.170. The number of aromatic nitrogens is 1. The number of ether oxygens (including phenoxy) is 1. The van der Waals surface area contributed by atoms with Gasteiger partial charge < -0.3 is 15.0 Å². The number of piperazine rings is 1. The number of hydrogen-bond acceptors (Lipinski definition) is 4. The van der Waals surface area contributed by atoms with Crippen LogP contribution in [0.4, 0.5) is 5.69 Å². The maximum Gasteiger partial charge on any atom is 0.229 e. The average molecular weight is 487 g/mol. The lowest BCUT2D eigenvalue weighted by atomic mass is 10.2. The monoisotopic (exact) mass is 487 g/mol. The van der Waals surface area contributed by atoms with Crippen molar-refractivity contribution in [3.63, 3.8) is 0 Å². The van der Waals surface area contributed by atoms with Crippen molar-refractivity contribution in [1.29, 1.82) is 0 Å². The first kappa shape index (κ1) is 15.6. The second kappa shape index (κ2) is 6.75. The van der Waals surface area contributed by atoms with E-state index in [1.165, 1.54) is 5.69 Å². The maximum absolute atomic E-state index is 5.78. The summed E-state index contributed by atoms with van der Waals surface area (Å²) in [6, 6.07) is 2.56. The molecule has 1 aromatic heterocycles. The van der Waals surface area contributed by atoms with Crippen molar-refractivity contribution in [1.82, 2.24) is 10.3 Å². The van der Waals surface area contributed by atoms with Crippen molar-refractivity contribution in [3.8, 4) is 5.88 Å². The van der Waals surface area contributed by atoms with E-state index in [4.69, 9.17) is 4.74 Å². The highest BCUT2D eigenvalue weighted by Crippen LogP contribution is 2.33. The first-order valence-electron chi connectivity index (χ1n) is 6.46. The van der Waals surface area contributed by atoms with E-state index in [0.717, 1.165) is 22.5 Å². The van der Waals surface area contributed by atoms with Crippen LogP contribution in [-0.2, 0) is 0 Å². The zero-order valence-electron chi connectivity index (χ0n) is 11.4. The van der Waals surface area contributed by atoms with Gasteiger partial charge in [-0.25, -0.2) is 4.98 Å². The van der Waals surface area contributed by atoms with Gasteiger partial charge in [0.05, 0.1) is 19.4 Å². The minimum Gasteiger partial charge on any atom is -0.474 e. The molecular formula is C13H19I2N3O. The molecular weight excluding hydrogens is 468 g/mol. The maximum atomic E-state index is 5.78. The molecule has 0 saturated carbocycles. The summed E-state index contributed by atoms with van der Waals surface area (Å²) in [6.45, 7) is 8.30. The van der Waals surface area contributed by atoms with Gasteiger partial charge in [0.25, 0.3) is 0 Å². The Morgan fingerprint density at radius 1 is 1.53 bits per heavy atom. The smallest absolute Gasteiger partial charge is 0.229 e. The van der Waals surface area contributed by atoms with E-state index in [1.54, 1.807) is 0 Å². The first-order chi connectivity index (χ1) is 9.00. The van der Waals surface area contributed by atoms with Gasteiger partial charge >= 0.3 is 0 Å². The third kappa shape index (κ3) is 3.63. The van der Waals surface area contributed by atoms with Crippen LogP contribution in [0.25, 0.3) is 0 Å². The van der Waals surface area contributed by atoms with Crippen LogP contribution in [0.15, 0.2) is 12.3 Å². The normalized spacial score (nSPS) is 23.8. The Morgan fingerprint density at radius 2 is 2.26 bits per heavy atom. The average Bonchev–Trinajstić information content (AvgIpc) is 2.35. The van der Waals surface area contributed by atoms with Crippen LogP contribution in [0, 0.1) is 3.57 Å². The topological polar surface area (TPSA) is 37.4 Å². The third-order valence-electron chi connectivity index (χ3n) is 3.02. The molecule has 1 aromatic rings. The van der Waals surface area contributed by atoms with Crippen LogP contribution < -0.4 is 15.0 Å². The van der Waals surface area contributed by atoms with Crippen molar-refractivity contribution in [2.24, 2.45) is 0 Å². The zero-order chi connectivity index (χ0) is 14.0. The van der Waals surface area contributed by atoms with E-state index in [2.05, 4.69) is 73.4 Å². The number of rotatable bonds is 3. The predicted molar refractivity (Wildman–Crippen MR) is 95.3 cm³/mol. The summed E-state index contributed by atoms with van der Waals surface area (Å²) < 4.78 is 7.32. The molecule has 2 rings (SSSR count). The van der Waals surface area contributed by atoms with Gasteiger partial charge in [0.1, 0.15) is 0 Å². The van der Waals surface area contributed by atoms with Crippen molar-refractivity contribution < 1.29 is 4.74 Å². The van der Waals surface area contributed by atoms with E-state index < -0.39 is 0 Å². The van der Waals surface area contributed by atoms with Crippen LogP contribution >= 0.6 is 45.2 Å². The first-order valence-corrected chi connectivity index (χ1v) is 8.78. The summed E-state index contributed by atoms with van der Waals surface area (Å²) in [7, 11) is 0. The molecule has 0 aromatic carbocycles. The van der Waals surface area contributed by atoms with Gasteiger partial charge in [-0.1, -0.05) is 22.6 Å². The lowest BCUT2D eigenvalue weighted by Gasteiger charge is -2.39. The zero-order valence-corrected chi connectivity index (χ0v) is 15.7. The Morgan fingerprint density at radius 3 is 2.95 bits per heavy atom. The fourth-order valence-electron chi connectivity index (χ4n) is 2.10. The molecule has 4 nitrogen and oxygen atoms in total. The van der Waals surface area contributed by atoms with Crippen LogP contribution in [-0.4, -0.2) is 34.3 Å². The highest BCUT2D eigenvalue weighted by Gasteiger charge is 2.28. The van der Waals surface area contributed by atoms with Crippen molar-refractivity contribution >= 4 is 50.9 Å². The number of hydrogen-bond donors (Lipinski definition) is 1. The van der Waals surface area contributed by atoms with Gasteiger partial charge in [0.2, 0.25) is 5.88 Å². The van der Waals surface area contributed by atoms with Gasteiger partial charge in [-0.3, -0.25) is 0 Å². The molecule has 1 fully saturated rings. The summed E-state index contributed by atoms with van der Waals surface area (Å²) in [6.07, 6.45) is 1.99. The molecule has 1 aliphatic heterocycles. The quantitative estimate of drug-likeness (QED) is 0.405. The van der Waals surface area contributed by atoms with Crippen LogP contribution in [0.3, 0.4) is 0 Å². The molecule has 1 aliphatic rings. The molecule has 0 amide bonds. The molecule has 2 unspecified atom stereocenters. The number of nitrogens with one attached hydrogen (secondary N) is 1. The third-order valence-corrected chi connectivity index (χ3v) is 5.79. The number of anilines is 1. The second-order valence-electron chi connectivity index (χ2n) is 4.92. The largest absolute Gasteiger partial charge is 0.474 e. The van der Waals surface area contributed by atoms with E-state index >= 15 is 0 Å². The molecule has 1 saturated heterocycles. The fourth-order valence-corrected chi connectivity index (χ4v) is 3.69. The number of halogens is 2. The van der Waals surface area contributed by atoms with Crippen LogP contribution in [0.5, 0.6) is 5.88 Å². The van der Waals surface area contributed by atoms with E-state index in [9.17, 15) is 0 Å². The molecule has 2 atom stereocenters. The van der Waals surface area contributed by atoms with Crippen molar-refractivity contribution in [2.45, 2.75) is 37.0 Å². The summed E-state index contributed by atoms with van der Waals surface area (Å²) in [4.78, 5) is 6.77. The lowest BCUT2D eigenvalue weighted by molar-refractivity contribution is 0.230. The van der Waals surface area contributed by atoms with Gasteiger partial charge in [-0.05, 0) is 49.4 Å². The van der Waals surface area contributed by atoms with Gasteiger partial charge in [-0.2, -0.15) is 0 Å². The fraction of sp³-hybridized carbons (Fsp3) is 0.615. The minimum absolute atomic E-state index is 0.147. The number of pyridine rings is 1. The molecule has 19 heavy (non-hydrogen) atoms. The Bertz CT molecular complexity index is 442. The number of alkyl halides is 1. The summed E-state index contributed by atoms with van der Waals surface area (Å²) in [5, 5.41) is 3.50. The molecule has 1 N–H and O–H groups in total. The molecule has 6 heteroatoms. The van der Waals surface area contributed by atoms with E-state index in [0.29, 0.717) is 10.1 Å². The van der Waals surface area contributed by atoms with Gasteiger partial charge in [0, 0.05) is 25.3 Å². The molecule has 0 radical (unpaired) electrons. The van der Waals surface area contributed by atoms with Gasteiger partial charge in [-0.15, -0.1) is 0 Å². The number of nitrogens with zero attached hydrogens (tertiary/aromatic N) is 2. The van der Waals surface area contributed by atoms with E-state index in [-0.39, 0.29) is 6.10 Å². The van der Waals surface area contributed by atoms with E-state index in [1.807, 2.05) is 20.0 Å². The summed E-state index contributed by atoms with van der Waals surface area (Å²) >= 11 is 4.84. The predicted octanol–water partition coefficient (Wildman–Crippen LogP) is 3.03. The van der Waals surface area contributed by atoms with Crippen molar-refractivity contribution in [2.75, 3.05) is 18.0 Å². The standard InChI is InChI=1S/C13H19I2N3O/c1-8(2)19-13-11(14)10(4-5-17-13)18-7-6-16-9(3)12(18)15/h4-5,8-9,12,16H,6-7H2,1-3H3. The molecule has 0 aliphatic carbocycles. The SMILES string of the molecule is CC(C)Oc1nccc(N2CCNC(C)C2I)c1I.